The molecule has 140 valence electrons. The second kappa shape index (κ2) is 10.9. The van der Waals surface area contributed by atoms with E-state index in [2.05, 4.69) is 83.9 Å². The quantitative estimate of drug-likeness (QED) is 0.749. The molecule has 0 aliphatic heterocycles. The number of allylic oxidation sites excluding steroid dienone is 5. The number of aromatic nitrogens is 1. The molecule has 0 amide bonds. The van der Waals surface area contributed by atoms with Crippen molar-refractivity contribution in [3.8, 4) is 0 Å². The molecule has 3 atom stereocenters. The minimum Gasteiger partial charge on any atom is -0.300 e. The third-order valence-corrected chi connectivity index (χ3v) is 4.70. The zero-order valence-electron chi connectivity index (χ0n) is 16.6. The van der Waals surface area contributed by atoms with Crippen LogP contribution in [-0.2, 0) is 0 Å². The van der Waals surface area contributed by atoms with Crippen LogP contribution in [0.1, 0.15) is 50.7 Å². The molecule has 0 saturated carbocycles. The van der Waals surface area contributed by atoms with Gasteiger partial charge in [0.15, 0.2) is 0 Å². The fourth-order valence-electron chi connectivity index (χ4n) is 3.56. The molecule has 3 nitrogen and oxygen atoms in total. The van der Waals surface area contributed by atoms with Gasteiger partial charge in [0.05, 0.1) is 5.69 Å². The maximum absolute atomic E-state index is 4.79. The van der Waals surface area contributed by atoms with Crippen LogP contribution in [0.4, 0.5) is 0 Å². The fraction of sp³-hybridized carbons (Fsp3) is 0.435. The van der Waals surface area contributed by atoms with Gasteiger partial charge in [0, 0.05) is 17.8 Å². The average molecular weight is 352 g/mol. The van der Waals surface area contributed by atoms with E-state index in [9.17, 15) is 0 Å². The van der Waals surface area contributed by atoms with Gasteiger partial charge in [-0.25, -0.2) is 0 Å². The highest BCUT2D eigenvalue weighted by atomic mass is 15.3. The molecule has 2 aliphatic carbocycles. The first-order valence-electron chi connectivity index (χ1n) is 9.84. The third kappa shape index (κ3) is 5.26. The van der Waals surface area contributed by atoms with Crippen LogP contribution in [0.15, 0.2) is 66.8 Å². The Morgan fingerprint density at radius 3 is 2.46 bits per heavy atom. The predicted octanol–water partition coefficient (Wildman–Crippen LogP) is 5.10. The van der Waals surface area contributed by atoms with E-state index in [0.717, 1.165) is 30.7 Å². The maximum atomic E-state index is 4.79. The molecule has 0 bridgehead atoms. The second-order valence-electron chi connectivity index (χ2n) is 6.42. The predicted molar refractivity (Wildman–Crippen MR) is 112 cm³/mol. The van der Waals surface area contributed by atoms with Gasteiger partial charge in [0.25, 0.3) is 0 Å². The maximum Gasteiger partial charge on any atom is 0.104 e. The van der Waals surface area contributed by atoms with Crippen LogP contribution in [0.25, 0.3) is 0 Å². The SMILES string of the molecule is CC.CNC(c1cccc(C)n1)N(C1C=CC=CC1)C1C=CC=CCC1. The van der Waals surface area contributed by atoms with Crippen molar-refractivity contribution in [1.29, 1.82) is 0 Å². The Morgan fingerprint density at radius 2 is 1.77 bits per heavy atom. The van der Waals surface area contributed by atoms with Crippen molar-refractivity contribution in [2.45, 2.75) is 58.3 Å². The monoisotopic (exact) mass is 351 g/mol. The number of nitrogens with zero attached hydrogens (tertiary/aromatic N) is 2. The molecule has 1 aromatic rings. The summed E-state index contributed by atoms with van der Waals surface area (Å²) < 4.78 is 0. The summed E-state index contributed by atoms with van der Waals surface area (Å²) in [6, 6.07) is 7.05. The van der Waals surface area contributed by atoms with Gasteiger partial charge in [-0.2, -0.15) is 0 Å². The summed E-state index contributed by atoms with van der Waals surface area (Å²) in [5.41, 5.74) is 2.15. The molecule has 0 spiro atoms. The van der Waals surface area contributed by atoms with E-state index in [4.69, 9.17) is 4.98 Å². The van der Waals surface area contributed by atoms with Gasteiger partial charge in [-0.05, 0) is 45.4 Å². The molecule has 1 aromatic heterocycles. The lowest BCUT2D eigenvalue weighted by Gasteiger charge is -2.41. The molecular weight excluding hydrogens is 318 g/mol. The summed E-state index contributed by atoms with van der Waals surface area (Å²) in [6.45, 7) is 6.05. The van der Waals surface area contributed by atoms with Crippen molar-refractivity contribution in [2.24, 2.45) is 0 Å². The summed E-state index contributed by atoms with van der Waals surface area (Å²) in [6.07, 6.45) is 21.2. The normalized spacial score (nSPS) is 22.7. The molecular formula is C23H33N3. The molecule has 0 saturated heterocycles. The highest BCUT2D eigenvalue weighted by Gasteiger charge is 2.31. The highest BCUT2D eigenvalue weighted by Crippen LogP contribution is 2.29. The first kappa shape index (κ1) is 20.3. The second-order valence-corrected chi connectivity index (χ2v) is 6.42. The zero-order chi connectivity index (χ0) is 18.8. The summed E-state index contributed by atoms with van der Waals surface area (Å²) in [7, 11) is 2.03. The zero-order valence-corrected chi connectivity index (χ0v) is 16.6. The topological polar surface area (TPSA) is 28.2 Å². The van der Waals surface area contributed by atoms with Gasteiger partial charge in [0.2, 0.25) is 0 Å². The smallest absolute Gasteiger partial charge is 0.104 e. The van der Waals surface area contributed by atoms with Crippen LogP contribution in [0.3, 0.4) is 0 Å². The lowest BCUT2D eigenvalue weighted by Crippen LogP contribution is -2.48. The average Bonchev–Trinajstić information content (AvgIpc) is 2.97. The number of pyridine rings is 1. The Balaban J connectivity index is 0.00000117. The Hall–Kier alpha value is -1.97. The van der Waals surface area contributed by atoms with Crippen LogP contribution < -0.4 is 5.32 Å². The van der Waals surface area contributed by atoms with Gasteiger partial charge >= 0.3 is 0 Å². The molecule has 1 N–H and O–H groups in total. The van der Waals surface area contributed by atoms with Crippen LogP contribution >= 0.6 is 0 Å². The fourth-order valence-corrected chi connectivity index (χ4v) is 3.56. The lowest BCUT2D eigenvalue weighted by molar-refractivity contribution is 0.0983. The van der Waals surface area contributed by atoms with Crippen molar-refractivity contribution >= 4 is 0 Å². The van der Waals surface area contributed by atoms with E-state index in [1.165, 1.54) is 0 Å². The summed E-state index contributed by atoms with van der Waals surface area (Å²) in [5, 5.41) is 3.51. The van der Waals surface area contributed by atoms with Crippen LogP contribution in [0, 0.1) is 6.92 Å². The van der Waals surface area contributed by atoms with Gasteiger partial charge < -0.3 is 0 Å². The highest BCUT2D eigenvalue weighted by molar-refractivity contribution is 5.20. The van der Waals surface area contributed by atoms with Gasteiger partial charge in [0.1, 0.15) is 6.17 Å². The minimum atomic E-state index is 0.0961. The van der Waals surface area contributed by atoms with Crippen LogP contribution in [0.2, 0.25) is 0 Å². The summed E-state index contributed by atoms with van der Waals surface area (Å²) in [4.78, 5) is 7.37. The van der Waals surface area contributed by atoms with E-state index in [-0.39, 0.29) is 6.17 Å². The molecule has 0 radical (unpaired) electrons. The largest absolute Gasteiger partial charge is 0.300 e. The molecule has 3 unspecified atom stereocenters. The van der Waals surface area contributed by atoms with Crippen molar-refractivity contribution in [2.75, 3.05) is 7.05 Å². The standard InChI is InChI=1S/C21H27N3.C2H6/c1-17-11-10-16-20(23-17)21(22-2)24(19-14-8-5-9-15-19)18-12-6-3-4-7-13-18;1-2/h3-6,8-12,14,16,18-19,21-22H,7,13,15H2,1-2H3;1-2H3. The third-order valence-electron chi connectivity index (χ3n) is 4.70. The van der Waals surface area contributed by atoms with Gasteiger partial charge in [-0.1, -0.05) is 68.5 Å². The van der Waals surface area contributed by atoms with Crippen LogP contribution in [-0.4, -0.2) is 29.0 Å². The lowest BCUT2D eigenvalue weighted by atomic mass is 10.00. The molecule has 26 heavy (non-hydrogen) atoms. The first-order chi connectivity index (χ1) is 12.8. The Bertz CT molecular complexity index is 657. The minimum absolute atomic E-state index is 0.0961. The van der Waals surface area contributed by atoms with Crippen LogP contribution in [0.5, 0.6) is 0 Å². The van der Waals surface area contributed by atoms with E-state index in [1.807, 2.05) is 20.9 Å². The summed E-state index contributed by atoms with van der Waals surface area (Å²) >= 11 is 0. The molecule has 1 heterocycles. The Kier molecular flexibility index (Phi) is 8.52. The van der Waals surface area contributed by atoms with Crippen molar-refractivity contribution in [1.82, 2.24) is 15.2 Å². The van der Waals surface area contributed by atoms with E-state index in [0.29, 0.717) is 12.1 Å². The summed E-state index contributed by atoms with van der Waals surface area (Å²) in [5.74, 6) is 0. The van der Waals surface area contributed by atoms with Crippen molar-refractivity contribution in [3.05, 3.63) is 78.2 Å². The van der Waals surface area contributed by atoms with Crippen molar-refractivity contribution in [3.63, 3.8) is 0 Å². The number of rotatable bonds is 5. The Morgan fingerprint density at radius 1 is 1.04 bits per heavy atom. The Labute approximate surface area is 159 Å². The molecule has 3 heteroatoms. The number of hydrogen-bond acceptors (Lipinski definition) is 3. The van der Waals surface area contributed by atoms with Crippen molar-refractivity contribution < 1.29 is 0 Å². The molecule has 3 rings (SSSR count). The molecule has 2 aliphatic rings. The number of aryl methyl sites for hydroxylation is 1. The van der Waals surface area contributed by atoms with E-state index < -0.39 is 0 Å². The number of hydrogen-bond donors (Lipinski definition) is 1. The van der Waals surface area contributed by atoms with E-state index in [1.54, 1.807) is 0 Å². The van der Waals surface area contributed by atoms with Gasteiger partial charge in [-0.3, -0.25) is 15.2 Å². The first-order valence-corrected chi connectivity index (χ1v) is 9.84. The van der Waals surface area contributed by atoms with E-state index >= 15 is 0 Å². The van der Waals surface area contributed by atoms with Gasteiger partial charge in [-0.15, -0.1) is 0 Å². The molecule has 0 aromatic carbocycles. The molecule has 0 fully saturated rings. The number of nitrogens with one attached hydrogen (secondary N) is 1.